The summed E-state index contributed by atoms with van der Waals surface area (Å²) in [5.74, 6) is 0.0591. The minimum absolute atomic E-state index is 0.0591. The average molecular weight is 284 g/mol. The Labute approximate surface area is 117 Å². The van der Waals surface area contributed by atoms with Crippen LogP contribution in [0.15, 0.2) is 23.4 Å². The molecular formula is C13H18ClN3O2. The van der Waals surface area contributed by atoms with Gasteiger partial charge in [0.05, 0.1) is 12.7 Å². The molecule has 1 aliphatic rings. The van der Waals surface area contributed by atoms with E-state index in [1.165, 1.54) is 0 Å². The van der Waals surface area contributed by atoms with Gasteiger partial charge in [-0.25, -0.2) is 0 Å². The number of hydrogen-bond donors (Lipinski definition) is 2. The van der Waals surface area contributed by atoms with Crippen LogP contribution in [0.3, 0.4) is 0 Å². The number of nitrogens with two attached hydrogens (primary N) is 1. The molecule has 19 heavy (non-hydrogen) atoms. The first-order chi connectivity index (χ1) is 9.02. The largest absolute Gasteiger partial charge is 0.409 e. The highest BCUT2D eigenvalue weighted by molar-refractivity contribution is 6.31. The number of ether oxygens (including phenoxy) is 1. The predicted molar refractivity (Wildman–Crippen MR) is 76.2 cm³/mol. The second-order valence-corrected chi connectivity index (χ2v) is 5.23. The Balaban J connectivity index is 2.43. The second-order valence-electron chi connectivity index (χ2n) is 4.79. The molecule has 2 unspecified atom stereocenters. The van der Waals surface area contributed by atoms with Crippen LogP contribution in [0.1, 0.15) is 19.4 Å². The summed E-state index contributed by atoms with van der Waals surface area (Å²) in [6.07, 6.45) is 0.145. The zero-order chi connectivity index (χ0) is 14.0. The van der Waals surface area contributed by atoms with Gasteiger partial charge in [-0.2, -0.15) is 0 Å². The summed E-state index contributed by atoms with van der Waals surface area (Å²) in [5, 5.41) is 12.5. The molecule has 5 nitrogen and oxygen atoms in total. The van der Waals surface area contributed by atoms with Gasteiger partial charge < -0.3 is 20.6 Å². The van der Waals surface area contributed by atoms with Gasteiger partial charge in [0.1, 0.15) is 0 Å². The Hall–Kier alpha value is -1.46. The highest BCUT2D eigenvalue weighted by Gasteiger charge is 2.26. The van der Waals surface area contributed by atoms with E-state index in [-0.39, 0.29) is 18.0 Å². The van der Waals surface area contributed by atoms with E-state index in [0.29, 0.717) is 17.2 Å². The predicted octanol–water partition coefficient (Wildman–Crippen LogP) is 2.05. The average Bonchev–Trinajstić information content (AvgIpc) is 2.41. The molecule has 1 aromatic rings. The maximum Gasteiger partial charge on any atom is 0.172 e. The van der Waals surface area contributed by atoms with Gasteiger partial charge in [-0.15, -0.1) is 0 Å². The molecule has 0 bridgehead atoms. The highest BCUT2D eigenvalue weighted by Crippen LogP contribution is 2.28. The molecular weight excluding hydrogens is 266 g/mol. The van der Waals surface area contributed by atoms with E-state index in [1.807, 2.05) is 13.0 Å². The number of rotatable bonds is 2. The quantitative estimate of drug-likeness (QED) is 0.377. The van der Waals surface area contributed by atoms with E-state index in [1.54, 1.807) is 12.1 Å². The molecule has 1 heterocycles. The molecule has 2 rings (SSSR count). The fourth-order valence-corrected chi connectivity index (χ4v) is 2.43. The van der Waals surface area contributed by atoms with E-state index in [9.17, 15) is 0 Å². The van der Waals surface area contributed by atoms with Crippen LogP contribution in [0.4, 0.5) is 5.69 Å². The minimum atomic E-state index is 0.0591. The van der Waals surface area contributed by atoms with E-state index in [2.05, 4.69) is 17.0 Å². The van der Waals surface area contributed by atoms with Crippen LogP contribution in [0.2, 0.25) is 5.02 Å². The Kier molecular flexibility index (Phi) is 4.17. The molecule has 1 aromatic carbocycles. The molecule has 1 saturated heterocycles. The molecule has 2 atom stereocenters. The smallest absolute Gasteiger partial charge is 0.172 e. The van der Waals surface area contributed by atoms with Crippen molar-refractivity contribution < 1.29 is 9.94 Å². The van der Waals surface area contributed by atoms with Crippen molar-refractivity contribution in [2.75, 3.05) is 18.1 Å². The molecule has 104 valence electrons. The number of morpholine rings is 1. The molecule has 1 aliphatic heterocycles. The fraction of sp³-hybridized carbons (Fsp3) is 0.462. The van der Waals surface area contributed by atoms with Gasteiger partial charge in [-0.1, -0.05) is 16.8 Å². The van der Waals surface area contributed by atoms with Crippen LogP contribution < -0.4 is 10.6 Å². The van der Waals surface area contributed by atoms with Gasteiger partial charge >= 0.3 is 0 Å². The lowest BCUT2D eigenvalue weighted by Gasteiger charge is -2.39. The number of nitrogens with zero attached hydrogens (tertiary/aromatic N) is 2. The van der Waals surface area contributed by atoms with E-state index in [4.69, 9.17) is 27.3 Å². The van der Waals surface area contributed by atoms with Crippen molar-refractivity contribution in [1.82, 2.24) is 0 Å². The van der Waals surface area contributed by atoms with Crippen molar-refractivity contribution in [2.24, 2.45) is 10.9 Å². The normalized spacial score (nSPS) is 24.6. The first kappa shape index (κ1) is 14.0. The van der Waals surface area contributed by atoms with Crippen molar-refractivity contribution in [3.63, 3.8) is 0 Å². The van der Waals surface area contributed by atoms with Crippen LogP contribution in [0, 0.1) is 0 Å². The van der Waals surface area contributed by atoms with Crippen LogP contribution >= 0.6 is 11.6 Å². The molecule has 6 heteroatoms. The lowest BCUT2D eigenvalue weighted by Crippen LogP contribution is -2.48. The van der Waals surface area contributed by atoms with Crippen LogP contribution in [0.25, 0.3) is 0 Å². The van der Waals surface area contributed by atoms with Gasteiger partial charge in [-0.3, -0.25) is 0 Å². The fourth-order valence-electron chi connectivity index (χ4n) is 2.26. The number of hydrogen-bond acceptors (Lipinski definition) is 4. The van der Waals surface area contributed by atoms with Gasteiger partial charge in [-0.05, 0) is 32.0 Å². The molecule has 0 spiro atoms. The molecule has 0 aromatic heterocycles. The summed E-state index contributed by atoms with van der Waals surface area (Å²) in [6, 6.07) is 5.63. The first-order valence-electron chi connectivity index (χ1n) is 6.18. The lowest BCUT2D eigenvalue weighted by molar-refractivity contribution is 0.0343. The van der Waals surface area contributed by atoms with Gasteiger partial charge in [0.25, 0.3) is 0 Å². The molecule has 1 fully saturated rings. The first-order valence-corrected chi connectivity index (χ1v) is 6.56. The molecule has 3 N–H and O–H groups in total. The van der Waals surface area contributed by atoms with Crippen molar-refractivity contribution >= 4 is 23.1 Å². The Morgan fingerprint density at radius 1 is 1.53 bits per heavy atom. The van der Waals surface area contributed by atoms with Crippen molar-refractivity contribution in [1.29, 1.82) is 0 Å². The van der Waals surface area contributed by atoms with E-state index < -0.39 is 0 Å². The Morgan fingerprint density at radius 3 is 2.95 bits per heavy atom. The Bertz CT molecular complexity index is 493. The third-order valence-corrected chi connectivity index (χ3v) is 3.49. The maximum absolute atomic E-state index is 8.90. The summed E-state index contributed by atoms with van der Waals surface area (Å²) >= 11 is 5.99. The molecule has 0 amide bonds. The lowest BCUT2D eigenvalue weighted by atomic mass is 10.1. The van der Waals surface area contributed by atoms with Crippen molar-refractivity contribution in [3.05, 3.63) is 28.8 Å². The van der Waals surface area contributed by atoms with Crippen molar-refractivity contribution in [2.45, 2.75) is 26.0 Å². The van der Waals surface area contributed by atoms with Crippen LogP contribution in [0.5, 0.6) is 0 Å². The van der Waals surface area contributed by atoms with E-state index in [0.717, 1.165) is 12.2 Å². The van der Waals surface area contributed by atoms with Crippen LogP contribution in [-0.4, -0.2) is 36.3 Å². The number of anilines is 1. The minimum Gasteiger partial charge on any atom is -0.409 e. The zero-order valence-electron chi connectivity index (χ0n) is 11.0. The molecule has 0 saturated carbocycles. The highest BCUT2D eigenvalue weighted by atomic mass is 35.5. The summed E-state index contributed by atoms with van der Waals surface area (Å²) in [7, 11) is 0. The monoisotopic (exact) mass is 283 g/mol. The summed E-state index contributed by atoms with van der Waals surface area (Å²) in [6.45, 7) is 5.52. The maximum atomic E-state index is 8.90. The third kappa shape index (κ3) is 2.93. The number of oxime groups is 1. The second kappa shape index (κ2) is 5.67. The standard InChI is InChI=1S/C13H18ClN3O2/c1-8-7-19-9(2)6-17(8)12-4-3-10(14)5-11(12)13(15)16-18/h3-5,8-9,18H,6-7H2,1-2H3,(H2,15,16). The van der Waals surface area contributed by atoms with Gasteiger partial charge in [0, 0.05) is 28.9 Å². The number of amidine groups is 1. The van der Waals surface area contributed by atoms with Gasteiger partial charge in [0.2, 0.25) is 0 Å². The zero-order valence-corrected chi connectivity index (χ0v) is 11.8. The van der Waals surface area contributed by atoms with E-state index >= 15 is 0 Å². The van der Waals surface area contributed by atoms with Crippen molar-refractivity contribution in [3.8, 4) is 0 Å². The molecule has 0 radical (unpaired) electrons. The van der Waals surface area contributed by atoms with Gasteiger partial charge in [0.15, 0.2) is 5.84 Å². The molecule has 0 aliphatic carbocycles. The SMILES string of the molecule is CC1CN(c2ccc(Cl)cc2C(N)=NO)C(C)CO1. The summed E-state index contributed by atoms with van der Waals surface area (Å²) in [4.78, 5) is 2.19. The van der Waals surface area contributed by atoms with Crippen LogP contribution in [-0.2, 0) is 4.74 Å². The third-order valence-electron chi connectivity index (χ3n) is 3.26. The number of halogens is 1. The topological polar surface area (TPSA) is 71.1 Å². The number of benzene rings is 1. The summed E-state index contributed by atoms with van der Waals surface area (Å²) in [5.41, 5.74) is 7.27. The summed E-state index contributed by atoms with van der Waals surface area (Å²) < 4.78 is 5.61. The Morgan fingerprint density at radius 2 is 2.26 bits per heavy atom.